The zero-order valence-corrected chi connectivity index (χ0v) is 24.4. The lowest BCUT2D eigenvalue weighted by atomic mass is 9.64. The minimum atomic E-state index is -1.07. The van der Waals surface area contributed by atoms with E-state index in [0.717, 1.165) is 19.5 Å². The molecule has 10 nitrogen and oxygen atoms in total. The second-order valence-corrected chi connectivity index (χ2v) is 11.5. The molecule has 0 aliphatic carbocycles. The molecule has 4 saturated heterocycles. The number of hydrogen-bond acceptors (Lipinski definition) is 7. The van der Waals surface area contributed by atoms with Crippen molar-refractivity contribution in [2.45, 2.75) is 63.2 Å². The molecule has 4 heterocycles. The summed E-state index contributed by atoms with van der Waals surface area (Å²) in [4.78, 5) is 50.3. The van der Waals surface area contributed by atoms with Crippen LogP contribution in [0.5, 0.6) is 0 Å². The Morgan fingerprint density at radius 1 is 1.05 bits per heavy atom. The molecule has 1 spiro atoms. The second-order valence-electron chi connectivity index (χ2n) is 11.5. The predicted molar refractivity (Wildman–Crippen MR) is 151 cm³/mol. The summed E-state index contributed by atoms with van der Waals surface area (Å²) in [5, 5.41) is 9.64. The average Bonchev–Trinajstić information content (AvgIpc) is 3.57. The van der Waals surface area contributed by atoms with Crippen molar-refractivity contribution in [1.82, 2.24) is 19.6 Å². The summed E-state index contributed by atoms with van der Waals surface area (Å²) >= 11 is 0. The number of amides is 3. The zero-order chi connectivity index (χ0) is 28.9. The Balaban J connectivity index is 1.69. The van der Waals surface area contributed by atoms with E-state index in [0.29, 0.717) is 71.6 Å². The maximum Gasteiger partial charge on any atom is 0.248 e. The third kappa shape index (κ3) is 5.35. The minimum absolute atomic E-state index is 0.0889. The first-order valence-electron chi connectivity index (χ1n) is 15.0. The van der Waals surface area contributed by atoms with E-state index in [-0.39, 0.29) is 30.9 Å². The van der Waals surface area contributed by atoms with Crippen molar-refractivity contribution in [3.05, 3.63) is 25.3 Å². The van der Waals surface area contributed by atoms with Crippen LogP contribution in [-0.4, -0.2) is 132 Å². The van der Waals surface area contributed by atoms with Gasteiger partial charge < -0.3 is 29.3 Å². The molecule has 3 amide bonds. The number of morpholine rings is 1. The van der Waals surface area contributed by atoms with Gasteiger partial charge in [0.2, 0.25) is 17.7 Å². The lowest BCUT2D eigenvalue weighted by Gasteiger charge is -2.37. The molecule has 10 heteroatoms. The maximum absolute atomic E-state index is 14.5. The Kier molecular flexibility index (Phi) is 10.1. The average molecular weight is 561 g/mol. The highest BCUT2D eigenvalue weighted by atomic mass is 16.5. The summed E-state index contributed by atoms with van der Waals surface area (Å²) in [6, 6.07) is -0.841. The summed E-state index contributed by atoms with van der Waals surface area (Å²) in [6.45, 7) is 17.4. The summed E-state index contributed by atoms with van der Waals surface area (Å²) in [6.07, 6.45) is 6.34. The Hall–Kier alpha value is -2.27. The molecule has 0 aromatic rings. The third-order valence-corrected chi connectivity index (χ3v) is 9.34. The highest BCUT2D eigenvalue weighted by Gasteiger charge is 2.78. The number of nitrogens with zero attached hydrogens (tertiary/aromatic N) is 4. The first-order valence-corrected chi connectivity index (χ1v) is 15.0. The molecule has 0 radical (unpaired) electrons. The number of carbonyl (C=O) groups excluding carboxylic acids is 3. The molecule has 1 N–H and O–H groups in total. The molecule has 4 aliphatic heterocycles. The number of carbonyl (C=O) groups is 3. The second kappa shape index (κ2) is 13.1. The smallest absolute Gasteiger partial charge is 0.248 e. The van der Waals surface area contributed by atoms with Gasteiger partial charge in [0.05, 0.1) is 30.7 Å². The third-order valence-electron chi connectivity index (χ3n) is 9.34. The van der Waals surface area contributed by atoms with Crippen molar-refractivity contribution in [2.75, 3.05) is 72.2 Å². The Morgan fingerprint density at radius 2 is 1.73 bits per heavy atom. The predicted octanol–water partition coefficient (Wildman–Crippen LogP) is 1.30. The number of ether oxygens (including phenoxy) is 2. The Morgan fingerprint density at radius 3 is 2.33 bits per heavy atom. The van der Waals surface area contributed by atoms with Gasteiger partial charge in [0, 0.05) is 59.0 Å². The summed E-state index contributed by atoms with van der Waals surface area (Å²) in [5.74, 6) is -1.84. The van der Waals surface area contributed by atoms with Gasteiger partial charge in [-0.05, 0) is 32.1 Å². The molecular weight excluding hydrogens is 512 g/mol. The van der Waals surface area contributed by atoms with E-state index in [1.165, 1.54) is 0 Å². The monoisotopic (exact) mass is 560 g/mol. The molecule has 224 valence electrons. The number of aliphatic hydroxyl groups is 1. The van der Waals surface area contributed by atoms with Gasteiger partial charge in [-0.15, -0.1) is 13.2 Å². The van der Waals surface area contributed by atoms with E-state index in [1.807, 2.05) is 13.8 Å². The van der Waals surface area contributed by atoms with Crippen molar-refractivity contribution >= 4 is 17.7 Å². The van der Waals surface area contributed by atoms with Crippen molar-refractivity contribution in [2.24, 2.45) is 11.8 Å². The van der Waals surface area contributed by atoms with E-state index >= 15 is 0 Å². The van der Waals surface area contributed by atoms with E-state index in [4.69, 9.17) is 9.47 Å². The summed E-state index contributed by atoms with van der Waals surface area (Å²) < 4.78 is 12.4. The number of rotatable bonds is 15. The van der Waals surface area contributed by atoms with Gasteiger partial charge in [-0.3, -0.25) is 19.3 Å². The van der Waals surface area contributed by atoms with Crippen LogP contribution in [0.3, 0.4) is 0 Å². The fraction of sp³-hybridized carbons (Fsp3) is 0.767. The fourth-order valence-corrected chi connectivity index (χ4v) is 7.48. The maximum atomic E-state index is 14.5. The van der Waals surface area contributed by atoms with Crippen LogP contribution in [0.1, 0.15) is 46.0 Å². The van der Waals surface area contributed by atoms with Gasteiger partial charge in [0.15, 0.2) is 0 Å². The number of fused-ring (bicyclic) bond motifs is 1. The number of hydrogen-bond donors (Lipinski definition) is 1. The highest BCUT2D eigenvalue weighted by molar-refractivity contribution is 5.99. The van der Waals surface area contributed by atoms with Gasteiger partial charge in [-0.25, -0.2) is 0 Å². The largest absolute Gasteiger partial charge is 0.396 e. The first kappa shape index (κ1) is 30.7. The van der Waals surface area contributed by atoms with Gasteiger partial charge in [0.1, 0.15) is 11.6 Å². The summed E-state index contributed by atoms with van der Waals surface area (Å²) in [7, 11) is 0. The normalized spacial score (nSPS) is 31.3. The van der Waals surface area contributed by atoms with Crippen molar-refractivity contribution in [3.63, 3.8) is 0 Å². The molecular formula is C30H48N4O6. The quantitative estimate of drug-likeness (QED) is 0.301. The number of likely N-dealkylation sites (tertiary alicyclic amines) is 1. The van der Waals surface area contributed by atoms with Crippen LogP contribution in [0.4, 0.5) is 0 Å². The minimum Gasteiger partial charge on any atom is -0.396 e. The molecule has 4 aliphatic rings. The molecule has 2 unspecified atom stereocenters. The van der Waals surface area contributed by atoms with E-state index in [1.54, 1.807) is 26.9 Å². The first-order chi connectivity index (χ1) is 19.3. The van der Waals surface area contributed by atoms with Gasteiger partial charge in [-0.1, -0.05) is 26.0 Å². The summed E-state index contributed by atoms with van der Waals surface area (Å²) in [5.41, 5.74) is -1.84. The SMILES string of the molecule is C=CCN(CCN1CCOCC1)C(=O)C1N(CCCO)C(=O)[C@@H]2[C@H](C(=O)N(CC=C)CCC)[C@]3(CC)CCC12O3. The Labute approximate surface area is 238 Å². The van der Waals surface area contributed by atoms with E-state index in [2.05, 4.69) is 18.1 Å². The molecule has 4 rings (SSSR count). The molecule has 0 aromatic heterocycles. The van der Waals surface area contributed by atoms with E-state index < -0.39 is 29.1 Å². The lowest BCUT2D eigenvalue weighted by Crippen LogP contribution is -2.57. The van der Waals surface area contributed by atoms with Crippen molar-refractivity contribution in [3.8, 4) is 0 Å². The van der Waals surface area contributed by atoms with Crippen LogP contribution < -0.4 is 0 Å². The molecule has 5 atom stereocenters. The van der Waals surface area contributed by atoms with Crippen LogP contribution >= 0.6 is 0 Å². The molecule has 0 aromatic carbocycles. The molecule has 0 saturated carbocycles. The van der Waals surface area contributed by atoms with Crippen LogP contribution in [-0.2, 0) is 23.9 Å². The van der Waals surface area contributed by atoms with Crippen molar-refractivity contribution in [1.29, 1.82) is 0 Å². The van der Waals surface area contributed by atoms with Crippen LogP contribution in [0, 0.1) is 11.8 Å². The highest BCUT2D eigenvalue weighted by Crippen LogP contribution is 2.64. The van der Waals surface area contributed by atoms with Crippen LogP contribution in [0.15, 0.2) is 25.3 Å². The molecule has 4 fully saturated rings. The van der Waals surface area contributed by atoms with Crippen LogP contribution in [0.25, 0.3) is 0 Å². The lowest BCUT2D eigenvalue weighted by molar-refractivity contribution is -0.155. The standard InChI is InChI=1S/C30H48N4O6/c1-5-12-32(13-6-2)26(36)23-24-27(37)34(15-9-20-35)25(30(24)11-10-29(23,8-4)40-30)28(38)33(14-7-3)17-16-31-18-21-39-22-19-31/h5,7,23-25,35H,1,3,6,8-22H2,2,4H3/t23-,24+,25?,29+,30?/m1/s1. The zero-order valence-electron chi connectivity index (χ0n) is 24.4. The van der Waals surface area contributed by atoms with Crippen LogP contribution in [0.2, 0.25) is 0 Å². The van der Waals surface area contributed by atoms with Gasteiger partial charge >= 0.3 is 0 Å². The fourth-order valence-electron chi connectivity index (χ4n) is 7.48. The van der Waals surface area contributed by atoms with E-state index in [9.17, 15) is 19.5 Å². The molecule has 2 bridgehead atoms. The Bertz CT molecular complexity index is 954. The van der Waals surface area contributed by atoms with Gasteiger partial charge in [0.25, 0.3) is 0 Å². The van der Waals surface area contributed by atoms with Crippen molar-refractivity contribution < 1.29 is 29.0 Å². The number of aliphatic hydroxyl groups excluding tert-OH is 1. The molecule has 40 heavy (non-hydrogen) atoms. The van der Waals surface area contributed by atoms with Gasteiger partial charge in [-0.2, -0.15) is 0 Å². The topological polar surface area (TPSA) is 103 Å².